The summed E-state index contributed by atoms with van der Waals surface area (Å²) in [6.07, 6.45) is 1.37. The number of hydrogen-bond acceptors (Lipinski definition) is 4. The topological polar surface area (TPSA) is 71.7 Å². The molecule has 2 atom stereocenters. The van der Waals surface area contributed by atoms with Crippen LogP contribution in [-0.4, -0.2) is 30.3 Å². The molecule has 1 aliphatic heterocycles. The Morgan fingerprint density at radius 2 is 2.39 bits per heavy atom. The average molecular weight is 253 g/mol. The average Bonchev–Trinajstić information content (AvgIpc) is 2.86. The summed E-state index contributed by atoms with van der Waals surface area (Å²) >= 11 is 0. The van der Waals surface area contributed by atoms with Crippen molar-refractivity contribution < 1.29 is 19.1 Å². The molecule has 0 aliphatic carbocycles. The zero-order valence-electron chi connectivity index (χ0n) is 10.7. The van der Waals surface area contributed by atoms with E-state index >= 15 is 0 Å². The van der Waals surface area contributed by atoms with Crippen LogP contribution in [-0.2, 0) is 11.3 Å². The number of aryl methyl sites for hydroxylation is 1. The van der Waals surface area contributed by atoms with Crippen molar-refractivity contribution >= 4 is 5.97 Å². The molecule has 0 amide bonds. The maximum absolute atomic E-state index is 10.8. The quantitative estimate of drug-likeness (QED) is 0.837. The number of carbonyl (C=O) groups is 1. The molecule has 1 aromatic heterocycles. The lowest BCUT2D eigenvalue weighted by Gasteiger charge is -2.13. The first kappa shape index (κ1) is 13.1. The molecule has 5 nitrogen and oxygen atoms in total. The van der Waals surface area contributed by atoms with E-state index in [0.717, 1.165) is 19.6 Å². The van der Waals surface area contributed by atoms with Gasteiger partial charge in [0.1, 0.15) is 5.76 Å². The highest BCUT2D eigenvalue weighted by Crippen LogP contribution is 2.20. The first-order valence-electron chi connectivity index (χ1n) is 6.23. The second-order valence-corrected chi connectivity index (χ2v) is 4.79. The lowest BCUT2D eigenvalue weighted by Crippen LogP contribution is -2.26. The molecule has 0 aromatic carbocycles. The molecule has 0 saturated carbocycles. The molecule has 2 N–H and O–H groups in total. The van der Waals surface area contributed by atoms with Crippen LogP contribution in [0.5, 0.6) is 0 Å². The van der Waals surface area contributed by atoms with Gasteiger partial charge in [0, 0.05) is 18.7 Å². The Kier molecular flexibility index (Phi) is 4.04. The van der Waals surface area contributed by atoms with E-state index in [4.69, 9.17) is 14.3 Å². The van der Waals surface area contributed by atoms with E-state index in [1.807, 2.05) is 0 Å². The fourth-order valence-electron chi connectivity index (χ4n) is 2.27. The van der Waals surface area contributed by atoms with Crippen LogP contribution < -0.4 is 5.32 Å². The Morgan fingerprint density at radius 1 is 1.61 bits per heavy atom. The van der Waals surface area contributed by atoms with E-state index in [-0.39, 0.29) is 5.76 Å². The standard InChI is InChI=1S/C13H19NO4/c1-8-5-11(18-12(8)13(15)16)7-14-6-10-3-4-17-9(10)2/h5,9-10,14H,3-4,6-7H2,1-2H3,(H,15,16). The highest BCUT2D eigenvalue weighted by Gasteiger charge is 2.23. The molecule has 2 unspecified atom stereocenters. The number of furan rings is 1. The Balaban J connectivity index is 1.83. The molecule has 1 aromatic rings. The number of aromatic carboxylic acids is 1. The second-order valence-electron chi connectivity index (χ2n) is 4.79. The summed E-state index contributed by atoms with van der Waals surface area (Å²) in [7, 11) is 0. The number of hydrogen-bond donors (Lipinski definition) is 2. The van der Waals surface area contributed by atoms with Crippen molar-refractivity contribution in [3.8, 4) is 0 Å². The highest BCUT2D eigenvalue weighted by molar-refractivity contribution is 5.86. The molecule has 18 heavy (non-hydrogen) atoms. The fraction of sp³-hybridized carbons (Fsp3) is 0.615. The normalized spacial score (nSPS) is 23.4. The van der Waals surface area contributed by atoms with Gasteiger partial charge >= 0.3 is 5.97 Å². The lowest BCUT2D eigenvalue weighted by atomic mass is 10.0. The van der Waals surface area contributed by atoms with Gasteiger partial charge in [-0.15, -0.1) is 0 Å². The van der Waals surface area contributed by atoms with E-state index in [0.29, 0.717) is 29.9 Å². The minimum Gasteiger partial charge on any atom is -0.475 e. The molecule has 1 saturated heterocycles. The molecule has 1 aliphatic rings. The van der Waals surface area contributed by atoms with Crippen molar-refractivity contribution in [3.63, 3.8) is 0 Å². The van der Waals surface area contributed by atoms with E-state index in [2.05, 4.69) is 12.2 Å². The third-order valence-electron chi connectivity index (χ3n) is 3.40. The van der Waals surface area contributed by atoms with Crippen LogP contribution in [0.1, 0.15) is 35.2 Å². The minimum atomic E-state index is -1.02. The van der Waals surface area contributed by atoms with Crippen molar-refractivity contribution in [1.29, 1.82) is 0 Å². The Hall–Kier alpha value is -1.33. The number of carboxylic acids is 1. The third kappa shape index (κ3) is 2.91. The SMILES string of the molecule is Cc1cc(CNCC2CCOC2C)oc1C(=O)O. The molecule has 1 fully saturated rings. The van der Waals surface area contributed by atoms with Crippen molar-refractivity contribution in [1.82, 2.24) is 5.32 Å². The van der Waals surface area contributed by atoms with Gasteiger partial charge in [-0.2, -0.15) is 0 Å². The van der Waals surface area contributed by atoms with Gasteiger partial charge in [0.25, 0.3) is 0 Å². The van der Waals surface area contributed by atoms with Crippen molar-refractivity contribution in [3.05, 3.63) is 23.2 Å². The van der Waals surface area contributed by atoms with Crippen LogP contribution in [0.25, 0.3) is 0 Å². The largest absolute Gasteiger partial charge is 0.475 e. The van der Waals surface area contributed by atoms with Gasteiger partial charge in [-0.3, -0.25) is 0 Å². The van der Waals surface area contributed by atoms with Gasteiger partial charge < -0.3 is 19.6 Å². The molecule has 100 valence electrons. The summed E-state index contributed by atoms with van der Waals surface area (Å²) in [6, 6.07) is 1.77. The summed E-state index contributed by atoms with van der Waals surface area (Å²) in [4.78, 5) is 10.8. The predicted octanol–water partition coefficient (Wildman–Crippen LogP) is 1.80. The van der Waals surface area contributed by atoms with Gasteiger partial charge in [0.2, 0.25) is 5.76 Å². The fourth-order valence-corrected chi connectivity index (χ4v) is 2.27. The van der Waals surface area contributed by atoms with Crippen LogP contribution in [0.4, 0.5) is 0 Å². The maximum atomic E-state index is 10.8. The predicted molar refractivity (Wildman–Crippen MR) is 65.6 cm³/mol. The summed E-state index contributed by atoms with van der Waals surface area (Å²) in [5, 5.41) is 12.2. The van der Waals surface area contributed by atoms with Gasteiger partial charge in [-0.25, -0.2) is 4.79 Å². The zero-order valence-corrected chi connectivity index (χ0v) is 10.7. The molecule has 5 heteroatoms. The number of carboxylic acid groups (broad SMARTS) is 1. The molecular formula is C13H19NO4. The van der Waals surface area contributed by atoms with Crippen LogP contribution in [0.2, 0.25) is 0 Å². The van der Waals surface area contributed by atoms with Gasteiger partial charge in [-0.1, -0.05) is 0 Å². The molecule has 2 heterocycles. The monoisotopic (exact) mass is 253 g/mol. The molecule has 0 spiro atoms. The van der Waals surface area contributed by atoms with Crippen LogP contribution in [0, 0.1) is 12.8 Å². The summed E-state index contributed by atoms with van der Waals surface area (Å²) in [5.41, 5.74) is 0.664. The van der Waals surface area contributed by atoms with Gasteiger partial charge in [-0.05, 0) is 32.3 Å². The van der Waals surface area contributed by atoms with Gasteiger partial charge in [0.05, 0.1) is 12.6 Å². The third-order valence-corrected chi connectivity index (χ3v) is 3.40. The number of nitrogens with one attached hydrogen (secondary N) is 1. The second kappa shape index (κ2) is 5.54. The highest BCUT2D eigenvalue weighted by atomic mass is 16.5. The van der Waals surface area contributed by atoms with Crippen LogP contribution >= 0.6 is 0 Å². The summed E-state index contributed by atoms with van der Waals surface area (Å²) in [6.45, 7) is 6.07. The molecule has 0 radical (unpaired) electrons. The van der Waals surface area contributed by atoms with Crippen molar-refractivity contribution in [2.24, 2.45) is 5.92 Å². The van der Waals surface area contributed by atoms with E-state index in [1.165, 1.54) is 0 Å². The molecule has 0 bridgehead atoms. The Morgan fingerprint density at radius 3 is 2.94 bits per heavy atom. The molecule has 2 rings (SSSR count). The van der Waals surface area contributed by atoms with E-state index < -0.39 is 5.97 Å². The van der Waals surface area contributed by atoms with E-state index in [9.17, 15) is 4.79 Å². The first-order valence-corrected chi connectivity index (χ1v) is 6.23. The van der Waals surface area contributed by atoms with Crippen LogP contribution in [0.15, 0.2) is 10.5 Å². The van der Waals surface area contributed by atoms with Crippen molar-refractivity contribution in [2.45, 2.75) is 32.9 Å². The van der Waals surface area contributed by atoms with Crippen LogP contribution in [0.3, 0.4) is 0 Å². The minimum absolute atomic E-state index is 0.0318. The summed E-state index contributed by atoms with van der Waals surface area (Å²) < 4.78 is 10.8. The summed E-state index contributed by atoms with van der Waals surface area (Å²) in [5.74, 6) is 0.206. The number of ether oxygens (including phenoxy) is 1. The molecular weight excluding hydrogens is 234 g/mol. The maximum Gasteiger partial charge on any atom is 0.372 e. The smallest absolute Gasteiger partial charge is 0.372 e. The van der Waals surface area contributed by atoms with Crippen molar-refractivity contribution in [2.75, 3.05) is 13.2 Å². The first-order chi connectivity index (χ1) is 8.58. The lowest BCUT2D eigenvalue weighted by molar-refractivity contribution is 0.0659. The van der Waals surface area contributed by atoms with Gasteiger partial charge in [0.15, 0.2) is 0 Å². The Labute approximate surface area is 106 Å². The zero-order chi connectivity index (χ0) is 13.1. The number of rotatable bonds is 5. The van der Waals surface area contributed by atoms with E-state index in [1.54, 1.807) is 13.0 Å². The Bertz CT molecular complexity index is 427.